The third kappa shape index (κ3) is 4.00. The SMILES string of the molecule is O=C1COC2CCN(C(=O)N3CC(c4ccc(-c5ccc(Cl)cc5F)cc4)C3)CC2N1. The number of hydrogen-bond acceptors (Lipinski definition) is 3. The summed E-state index contributed by atoms with van der Waals surface area (Å²) in [5.41, 5.74) is 2.45. The second kappa shape index (κ2) is 8.13. The van der Waals surface area contributed by atoms with Crippen molar-refractivity contribution in [3.05, 3.63) is 58.9 Å². The highest BCUT2D eigenvalue weighted by Crippen LogP contribution is 2.32. The van der Waals surface area contributed by atoms with E-state index in [9.17, 15) is 14.0 Å². The predicted octanol–water partition coefficient (Wildman–Crippen LogP) is 3.25. The van der Waals surface area contributed by atoms with E-state index in [-0.39, 0.29) is 42.4 Å². The molecule has 3 heterocycles. The highest BCUT2D eigenvalue weighted by molar-refractivity contribution is 6.30. The van der Waals surface area contributed by atoms with Crippen LogP contribution in [-0.2, 0) is 9.53 Å². The lowest BCUT2D eigenvalue weighted by Gasteiger charge is -2.46. The van der Waals surface area contributed by atoms with Crippen LogP contribution in [0.2, 0.25) is 5.02 Å². The lowest BCUT2D eigenvalue weighted by molar-refractivity contribution is -0.139. The summed E-state index contributed by atoms with van der Waals surface area (Å²) in [7, 11) is 0. The molecule has 2 atom stereocenters. The fourth-order valence-corrected chi connectivity index (χ4v) is 4.74. The third-order valence-electron chi connectivity index (χ3n) is 6.37. The summed E-state index contributed by atoms with van der Waals surface area (Å²) >= 11 is 5.83. The Balaban J connectivity index is 1.18. The molecule has 2 unspecified atom stereocenters. The molecule has 0 spiro atoms. The van der Waals surface area contributed by atoms with E-state index in [0.717, 1.165) is 17.5 Å². The van der Waals surface area contributed by atoms with Crippen LogP contribution in [0.4, 0.5) is 9.18 Å². The van der Waals surface area contributed by atoms with Crippen molar-refractivity contribution in [2.24, 2.45) is 0 Å². The predicted molar refractivity (Wildman–Crippen MR) is 114 cm³/mol. The summed E-state index contributed by atoms with van der Waals surface area (Å²) < 4.78 is 19.7. The van der Waals surface area contributed by atoms with Crippen LogP contribution >= 0.6 is 11.6 Å². The van der Waals surface area contributed by atoms with Crippen molar-refractivity contribution in [1.29, 1.82) is 0 Å². The first-order chi connectivity index (χ1) is 15.0. The Labute approximate surface area is 184 Å². The molecule has 3 saturated heterocycles. The Morgan fingerprint density at radius 1 is 1.10 bits per heavy atom. The van der Waals surface area contributed by atoms with Crippen LogP contribution in [0.5, 0.6) is 0 Å². The molecule has 0 bridgehead atoms. The largest absolute Gasteiger partial charge is 0.366 e. The number of rotatable bonds is 2. The van der Waals surface area contributed by atoms with Crippen molar-refractivity contribution in [2.45, 2.75) is 24.5 Å². The first-order valence-corrected chi connectivity index (χ1v) is 10.9. The number of amides is 3. The van der Waals surface area contributed by atoms with Crippen molar-refractivity contribution in [2.75, 3.05) is 32.8 Å². The van der Waals surface area contributed by atoms with Crippen molar-refractivity contribution in [1.82, 2.24) is 15.1 Å². The molecule has 3 amide bonds. The zero-order valence-corrected chi connectivity index (χ0v) is 17.6. The van der Waals surface area contributed by atoms with Gasteiger partial charge >= 0.3 is 6.03 Å². The van der Waals surface area contributed by atoms with E-state index < -0.39 is 0 Å². The molecule has 31 heavy (non-hydrogen) atoms. The molecule has 0 saturated carbocycles. The summed E-state index contributed by atoms with van der Waals surface area (Å²) in [4.78, 5) is 28.1. The highest BCUT2D eigenvalue weighted by atomic mass is 35.5. The summed E-state index contributed by atoms with van der Waals surface area (Å²) in [6.07, 6.45) is 0.728. The van der Waals surface area contributed by atoms with Gasteiger partial charge in [-0.3, -0.25) is 4.79 Å². The lowest BCUT2D eigenvalue weighted by Crippen LogP contribution is -2.63. The van der Waals surface area contributed by atoms with Gasteiger partial charge in [-0.15, -0.1) is 0 Å². The number of benzene rings is 2. The van der Waals surface area contributed by atoms with Gasteiger partial charge < -0.3 is 19.9 Å². The smallest absolute Gasteiger partial charge is 0.320 e. The Kier molecular flexibility index (Phi) is 5.32. The molecular formula is C23H23ClFN3O3. The fraction of sp³-hybridized carbons (Fsp3) is 0.391. The molecular weight excluding hydrogens is 421 g/mol. The average molecular weight is 444 g/mol. The van der Waals surface area contributed by atoms with Gasteiger partial charge in [-0.25, -0.2) is 9.18 Å². The molecule has 162 valence electrons. The molecule has 2 aromatic carbocycles. The first kappa shape index (κ1) is 20.3. The summed E-state index contributed by atoms with van der Waals surface area (Å²) in [5, 5.41) is 3.30. The van der Waals surface area contributed by atoms with E-state index in [1.807, 2.05) is 29.2 Å². The first-order valence-electron chi connectivity index (χ1n) is 10.5. The Hall–Kier alpha value is -2.64. The van der Waals surface area contributed by atoms with Crippen molar-refractivity contribution < 1.29 is 18.7 Å². The third-order valence-corrected chi connectivity index (χ3v) is 6.61. The van der Waals surface area contributed by atoms with E-state index in [1.54, 1.807) is 17.0 Å². The minimum absolute atomic E-state index is 0.00474. The standard InChI is InChI=1S/C23H23ClFN3O3/c24-17-5-6-18(19(25)9-17)15-3-1-14(2-4-15)16-10-28(11-16)23(30)27-8-7-21-20(12-27)26-22(29)13-31-21/h1-6,9,16,20-21H,7-8,10-13H2,(H,26,29). The number of carbonyl (C=O) groups is 2. The maximum atomic E-state index is 14.2. The normalized spacial score (nSPS) is 23.7. The van der Waals surface area contributed by atoms with Crippen LogP contribution in [-0.4, -0.2) is 66.7 Å². The monoisotopic (exact) mass is 443 g/mol. The van der Waals surface area contributed by atoms with Gasteiger partial charge in [0.2, 0.25) is 5.91 Å². The Morgan fingerprint density at radius 3 is 2.61 bits per heavy atom. The van der Waals surface area contributed by atoms with Crippen LogP contribution in [0, 0.1) is 5.82 Å². The molecule has 2 aromatic rings. The van der Waals surface area contributed by atoms with Gasteiger partial charge in [0.1, 0.15) is 12.4 Å². The minimum Gasteiger partial charge on any atom is -0.366 e. The average Bonchev–Trinajstić information content (AvgIpc) is 2.73. The molecule has 3 aliphatic heterocycles. The fourth-order valence-electron chi connectivity index (χ4n) is 4.58. The number of morpholine rings is 1. The van der Waals surface area contributed by atoms with Gasteiger partial charge in [0.05, 0.1) is 12.1 Å². The number of halogens is 2. The lowest BCUT2D eigenvalue weighted by atomic mass is 9.90. The maximum absolute atomic E-state index is 14.2. The number of piperidine rings is 1. The van der Waals surface area contributed by atoms with Crippen molar-refractivity contribution in [3.63, 3.8) is 0 Å². The molecule has 1 N–H and O–H groups in total. The van der Waals surface area contributed by atoms with Crippen molar-refractivity contribution in [3.8, 4) is 11.1 Å². The minimum atomic E-state index is -0.344. The number of likely N-dealkylation sites (tertiary alicyclic amines) is 2. The second-order valence-electron chi connectivity index (χ2n) is 8.39. The van der Waals surface area contributed by atoms with Crippen LogP contribution in [0.25, 0.3) is 11.1 Å². The maximum Gasteiger partial charge on any atom is 0.320 e. The van der Waals surface area contributed by atoms with Gasteiger partial charge in [0, 0.05) is 42.7 Å². The Morgan fingerprint density at radius 2 is 1.87 bits per heavy atom. The number of urea groups is 1. The summed E-state index contributed by atoms with van der Waals surface area (Å²) in [6, 6.07) is 12.4. The number of ether oxygens (including phenoxy) is 1. The van der Waals surface area contributed by atoms with Crippen LogP contribution < -0.4 is 5.32 Å². The summed E-state index contributed by atoms with van der Waals surface area (Å²) in [6.45, 7) is 2.53. The van der Waals surface area contributed by atoms with E-state index in [4.69, 9.17) is 16.3 Å². The molecule has 8 heteroatoms. The van der Waals surface area contributed by atoms with Crippen LogP contribution in [0.15, 0.2) is 42.5 Å². The number of hydrogen-bond donors (Lipinski definition) is 1. The molecule has 5 rings (SSSR count). The molecule has 3 fully saturated rings. The quantitative estimate of drug-likeness (QED) is 0.775. The number of carbonyl (C=O) groups excluding carboxylic acids is 2. The topological polar surface area (TPSA) is 61.9 Å². The van der Waals surface area contributed by atoms with E-state index in [2.05, 4.69) is 5.32 Å². The number of nitrogens with zero attached hydrogens (tertiary/aromatic N) is 2. The zero-order chi connectivity index (χ0) is 21.5. The highest BCUT2D eigenvalue weighted by Gasteiger charge is 2.40. The van der Waals surface area contributed by atoms with E-state index in [1.165, 1.54) is 6.07 Å². The van der Waals surface area contributed by atoms with Gasteiger partial charge in [-0.2, -0.15) is 0 Å². The summed E-state index contributed by atoms with van der Waals surface area (Å²) in [5.74, 6) is -0.200. The van der Waals surface area contributed by atoms with E-state index in [0.29, 0.717) is 36.8 Å². The van der Waals surface area contributed by atoms with Gasteiger partial charge in [-0.05, 0) is 35.7 Å². The van der Waals surface area contributed by atoms with E-state index >= 15 is 0 Å². The van der Waals surface area contributed by atoms with Gasteiger partial charge in [0.25, 0.3) is 0 Å². The number of fused-ring (bicyclic) bond motifs is 1. The molecule has 0 aromatic heterocycles. The van der Waals surface area contributed by atoms with Gasteiger partial charge in [0.15, 0.2) is 0 Å². The van der Waals surface area contributed by atoms with Gasteiger partial charge in [-0.1, -0.05) is 35.9 Å². The Bertz CT molecular complexity index is 1010. The number of nitrogens with one attached hydrogen (secondary N) is 1. The molecule has 0 radical (unpaired) electrons. The molecule has 3 aliphatic rings. The van der Waals surface area contributed by atoms with Crippen LogP contribution in [0.1, 0.15) is 17.9 Å². The van der Waals surface area contributed by atoms with Crippen molar-refractivity contribution >= 4 is 23.5 Å². The molecule has 6 nitrogen and oxygen atoms in total. The van der Waals surface area contributed by atoms with Crippen LogP contribution in [0.3, 0.4) is 0 Å². The second-order valence-corrected chi connectivity index (χ2v) is 8.83. The zero-order valence-electron chi connectivity index (χ0n) is 16.9. The molecule has 0 aliphatic carbocycles.